The highest BCUT2D eigenvalue weighted by Gasteiger charge is 2.27. The number of hydrogen-bond acceptors (Lipinski definition) is 4. The van der Waals surface area contributed by atoms with E-state index in [1.807, 2.05) is 36.4 Å². The summed E-state index contributed by atoms with van der Waals surface area (Å²) in [6.07, 6.45) is 4.93. The van der Waals surface area contributed by atoms with Gasteiger partial charge in [0.2, 0.25) is 10.0 Å². The van der Waals surface area contributed by atoms with E-state index in [1.54, 1.807) is 13.2 Å². The first-order chi connectivity index (χ1) is 13.1. The minimum absolute atomic E-state index is 0.109. The van der Waals surface area contributed by atoms with E-state index in [2.05, 4.69) is 9.62 Å². The third-order valence-corrected chi connectivity index (χ3v) is 7.07. The predicted molar refractivity (Wildman–Crippen MR) is 107 cm³/mol. The fourth-order valence-electron chi connectivity index (χ4n) is 4.19. The molecule has 2 aromatic carbocycles. The van der Waals surface area contributed by atoms with Crippen LogP contribution >= 0.6 is 0 Å². The van der Waals surface area contributed by atoms with Gasteiger partial charge in [0.05, 0.1) is 17.7 Å². The number of ether oxygens (including phenoxy) is 1. The van der Waals surface area contributed by atoms with Crippen molar-refractivity contribution >= 4 is 15.7 Å². The van der Waals surface area contributed by atoms with Gasteiger partial charge in [0.1, 0.15) is 5.75 Å². The van der Waals surface area contributed by atoms with Crippen LogP contribution in [0.25, 0.3) is 0 Å². The van der Waals surface area contributed by atoms with Crippen molar-refractivity contribution < 1.29 is 13.2 Å². The summed E-state index contributed by atoms with van der Waals surface area (Å²) < 4.78 is 34.2. The molecule has 0 spiro atoms. The van der Waals surface area contributed by atoms with Crippen LogP contribution in [-0.2, 0) is 22.9 Å². The third-order valence-electron chi connectivity index (χ3n) is 5.55. The lowest BCUT2D eigenvalue weighted by Crippen LogP contribution is -2.47. The van der Waals surface area contributed by atoms with Crippen molar-refractivity contribution in [3.05, 3.63) is 53.6 Å². The van der Waals surface area contributed by atoms with Gasteiger partial charge in [-0.15, -0.1) is 0 Å². The quantitative estimate of drug-likeness (QED) is 0.858. The molecule has 1 N–H and O–H groups in total. The average molecular weight is 387 g/mol. The van der Waals surface area contributed by atoms with Gasteiger partial charge in [0, 0.05) is 19.1 Å². The number of nitrogens with zero attached hydrogens (tertiary/aromatic N) is 1. The zero-order chi connectivity index (χ0) is 18.9. The normalized spacial score (nSPS) is 19.7. The summed E-state index contributed by atoms with van der Waals surface area (Å²) in [7, 11) is -1.85. The lowest BCUT2D eigenvalue weighted by molar-refractivity contribution is 0.409. The summed E-state index contributed by atoms with van der Waals surface area (Å²) in [6.45, 7) is 1.54. The number of nitrogens with one attached hydrogen (secondary N) is 1. The van der Waals surface area contributed by atoms with Crippen LogP contribution in [0.15, 0.2) is 47.4 Å². The fourth-order valence-corrected chi connectivity index (χ4v) is 5.50. The maximum Gasteiger partial charge on any atom is 0.240 e. The Balaban J connectivity index is 1.50. The minimum atomic E-state index is -3.51. The zero-order valence-electron chi connectivity index (χ0n) is 15.6. The zero-order valence-corrected chi connectivity index (χ0v) is 16.5. The summed E-state index contributed by atoms with van der Waals surface area (Å²) in [5.74, 6) is 0.819. The molecule has 1 atom stereocenters. The van der Waals surface area contributed by atoms with E-state index < -0.39 is 10.0 Å². The molecule has 1 fully saturated rings. The third kappa shape index (κ3) is 3.82. The van der Waals surface area contributed by atoms with Gasteiger partial charge in [-0.2, -0.15) is 0 Å². The molecule has 0 aromatic heterocycles. The number of anilines is 1. The van der Waals surface area contributed by atoms with Gasteiger partial charge in [0.15, 0.2) is 0 Å². The highest BCUT2D eigenvalue weighted by molar-refractivity contribution is 7.89. The molecule has 0 amide bonds. The molecule has 1 heterocycles. The van der Waals surface area contributed by atoms with E-state index in [0.717, 1.165) is 50.1 Å². The summed E-state index contributed by atoms with van der Waals surface area (Å²) in [5, 5.41) is 0. The molecule has 0 radical (unpaired) electrons. The smallest absolute Gasteiger partial charge is 0.240 e. The Bertz CT molecular complexity index is 927. The van der Waals surface area contributed by atoms with Crippen LogP contribution in [0.2, 0.25) is 0 Å². The van der Waals surface area contributed by atoms with Crippen LogP contribution in [0, 0.1) is 0 Å². The highest BCUT2D eigenvalue weighted by Crippen LogP contribution is 2.30. The Morgan fingerprint density at radius 1 is 1.07 bits per heavy atom. The topological polar surface area (TPSA) is 58.6 Å². The summed E-state index contributed by atoms with van der Waals surface area (Å²) in [5.41, 5.74) is 3.48. The number of para-hydroxylation sites is 2. The van der Waals surface area contributed by atoms with Gasteiger partial charge in [-0.25, -0.2) is 13.1 Å². The number of sulfonamides is 1. The Hall–Kier alpha value is -2.05. The molecule has 1 aliphatic heterocycles. The van der Waals surface area contributed by atoms with Crippen molar-refractivity contribution in [2.75, 3.05) is 25.1 Å². The maximum atomic E-state index is 12.9. The van der Waals surface area contributed by atoms with Crippen molar-refractivity contribution in [1.82, 2.24) is 4.72 Å². The van der Waals surface area contributed by atoms with Crippen molar-refractivity contribution in [2.45, 2.75) is 43.0 Å². The number of benzene rings is 2. The predicted octanol–water partition coefficient (Wildman–Crippen LogP) is 3.13. The van der Waals surface area contributed by atoms with E-state index in [1.165, 1.54) is 11.1 Å². The molecule has 27 heavy (non-hydrogen) atoms. The van der Waals surface area contributed by atoms with Crippen molar-refractivity contribution in [3.8, 4) is 5.75 Å². The second-order valence-electron chi connectivity index (χ2n) is 7.36. The minimum Gasteiger partial charge on any atom is -0.495 e. The van der Waals surface area contributed by atoms with Gasteiger partial charge >= 0.3 is 0 Å². The summed E-state index contributed by atoms with van der Waals surface area (Å²) in [6, 6.07) is 13.3. The first-order valence-electron chi connectivity index (χ1n) is 9.59. The number of piperidine rings is 1. The van der Waals surface area contributed by atoms with Crippen LogP contribution in [0.1, 0.15) is 30.4 Å². The lowest BCUT2D eigenvalue weighted by atomic mass is 10.1. The Morgan fingerprint density at radius 3 is 2.74 bits per heavy atom. The molecule has 6 heteroatoms. The molecule has 1 saturated heterocycles. The molecule has 2 aliphatic rings. The molecular weight excluding hydrogens is 360 g/mol. The van der Waals surface area contributed by atoms with E-state index >= 15 is 0 Å². The highest BCUT2D eigenvalue weighted by atomic mass is 32.2. The van der Waals surface area contributed by atoms with E-state index in [4.69, 9.17) is 4.74 Å². The van der Waals surface area contributed by atoms with Gasteiger partial charge in [-0.3, -0.25) is 0 Å². The van der Waals surface area contributed by atoms with Crippen LogP contribution in [0.5, 0.6) is 5.75 Å². The molecule has 4 rings (SSSR count). The Kier molecular flexibility index (Phi) is 5.10. The van der Waals surface area contributed by atoms with Crippen molar-refractivity contribution in [3.63, 3.8) is 0 Å². The van der Waals surface area contributed by atoms with Gasteiger partial charge < -0.3 is 9.64 Å². The molecule has 5 nitrogen and oxygen atoms in total. The summed E-state index contributed by atoms with van der Waals surface area (Å²) in [4.78, 5) is 2.59. The number of fused-ring (bicyclic) bond motifs is 1. The number of hydrogen-bond donors (Lipinski definition) is 1. The monoisotopic (exact) mass is 386 g/mol. The van der Waals surface area contributed by atoms with Gasteiger partial charge in [0.25, 0.3) is 0 Å². The molecule has 144 valence electrons. The molecule has 1 unspecified atom stereocenters. The maximum absolute atomic E-state index is 12.9. The van der Waals surface area contributed by atoms with E-state index in [0.29, 0.717) is 11.4 Å². The largest absolute Gasteiger partial charge is 0.495 e. The Morgan fingerprint density at radius 2 is 1.89 bits per heavy atom. The van der Waals surface area contributed by atoms with Crippen LogP contribution in [0.3, 0.4) is 0 Å². The average Bonchev–Trinajstić information content (AvgIpc) is 3.15. The summed E-state index contributed by atoms with van der Waals surface area (Å²) >= 11 is 0. The number of aryl methyl sites for hydroxylation is 2. The van der Waals surface area contributed by atoms with Crippen LogP contribution in [-0.4, -0.2) is 34.7 Å². The Labute approximate surface area is 161 Å². The number of methoxy groups -OCH3 is 1. The van der Waals surface area contributed by atoms with E-state index in [9.17, 15) is 8.42 Å². The molecular formula is C21H26N2O3S. The SMILES string of the molecule is COc1ccccc1N1CCCC(NS(=O)(=O)c2ccc3c(c2)CCC3)C1. The van der Waals surface area contributed by atoms with Crippen LogP contribution in [0.4, 0.5) is 5.69 Å². The molecule has 1 aliphatic carbocycles. The number of rotatable bonds is 5. The second kappa shape index (κ2) is 7.52. The van der Waals surface area contributed by atoms with Crippen molar-refractivity contribution in [2.24, 2.45) is 0 Å². The van der Waals surface area contributed by atoms with Gasteiger partial charge in [-0.1, -0.05) is 18.2 Å². The van der Waals surface area contributed by atoms with E-state index in [-0.39, 0.29) is 6.04 Å². The molecule has 0 bridgehead atoms. The fraction of sp³-hybridized carbons (Fsp3) is 0.429. The lowest BCUT2D eigenvalue weighted by Gasteiger charge is -2.35. The molecule has 2 aromatic rings. The van der Waals surface area contributed by atoms with Gasteiger partial charge in [-0.05, 0) is 67.5 Å². The van der Waals surface area contributed by atoms with Crippen molar-refractivity contribution in [1.29, 1.82) is 0 Å². The second-order valence-corrected chi connectivity index (χ2v) is 9.08. The standard InChI is InChI=1S/C21H26N2O3S/c1-26-21-10-3-2-9-20(21)23-13-5-8-18(15-23)22-27(24,25)19-12-11-16-6-4-7-17(16)14-19/h2-3,9-12,14,18,22H,4-8,13,15H2,1H3. The first kappa shape index (κ1) is 18.3. The first-order valence-corrected chi connectivity index (χ1v) is 11.1. The van der Waals surface area contributed by atoms with Crippen LogP contribution < -0.4 is 14.4 Å². The molecule has 0 saturated carbocycles.